The molecule has 0 aromatic rings. The van der Waals surface area contributed by atoms with Crippen LogP contribution in [0.2, 0.25) is 0 Å². The number of nitrogens with zero attached hydrogens (tertiary/aromatic N) is 1. The van der Waals surface area contributed by atoms with Crippen LogP contribution in [0.4, 0.5) is 4.79 Å². The van der Waals surface area contributed by atoms with Crippen LogP contribution in [0.25, 0.3) is 0 Å². The second-order valence-electron chi connectivity index (χ2n) is 4.03. The van der Waals surface area contributed by atoms with E-state index in [1.165, 1.54) is 4.90 Å². The van der Waals surface area contributed by atoms with Crippen molar-refractivity contribution in [3.05, 3.63) is 0 Å². The number of hydrogen-bond acceptors (Lipinski definition) is 4. The topological polar surface area (TPSA) is 101 Å². The first kappa shape index (κ1) is 10.9. The Morgan fingerprint density at radius 2 is 2.07 bits per heavy atom. The van der Waals surface area contributed by atoms with Gasteiger partial charge >= 0.3 is 6.03 Å². The van der Waals surface area contributed by atoms with Crippen molar-refractivity contribution in [2.24, 2.45) is 17.4 Å². The third-order valence-electron chi connectivity index (χ3n) is 1.99. The number of hydrogen-bond donors (Lipinski definition) is 3. The quantitative estimate of drug-likeness (QED) is 0.505. The summed E-state index contributed by atoms with van der Waals surface area (Å²) in [6.45, 7) is 4.33. The van der Waals surface area contributed by atoms with Crippen molar-refractivity contribution in [2.45, 2.75) is 26.1 Å². The van der Waals surface area contributed by atoms with Gasteiger partial charge in [-0.3, -0.25) is 26.5 Å². The Bertz CT molecular complexity index is 262. The van der Waals surface area contributed by atoms with Crippen LogP contribution in [-0.4, -0.2) is 29.2 Å². The minimum absolute atomic E-state index is 0.0640. The molecule has 80 valence electrons. The lowest BCUT2D eigenvalue weighted by Gasteiger charge is -2.41. The molecule has 0 atom stereocenters. The van der Waals surface area contributed by atoms with E-state index >= 15 is 0 Å². The van der Waals surface area contributed by atoms with E-state index in [0.29, 0.717) is 6.54 Å². The van der Waals surface area contributed by atoms with Crippen molar-refractivity contribution in [1.29, 1.82) is 0 Å². The molecule has 0 aliphatic carbocycles. The van der Waals surface area contributed by atoms with E-state index in [1.54, 1.807) is 0 Å². The molecule has 1 fully saturated rings. The first-order valence-corrected chi connectivity index (χ1v) is 4.52. The van der Waals surface area contributed by atoms with Gasteiger partial charge < -0.3 is 0 Å². The Morgan fingerprint density at radius 1 is 1.50 bits per heavy atom. The zero-order valence-corrected chi connectivity index (χ0v) is 8.41. The number of carbonyl (C=O) groups is 2. The predicted molar refractivity (Wildman–Crippen MR) is 50.8 cm³/mol. The SMILES string of the molecule is CC(C)CN1C(=O)NC(=O)CC1(N)N. The number of nitrogens with two attached hydrogens (primary N) is 2. The van der Waals surface area contributed by atoms with E-state index in [0.717, 1.165) is 0 Å². The number of imide groups is 1. The zero-order chi connectivity index (χ0) is 10.9. The van der Waals surface area contributed by atoms with Crippen LogP contribution in [0, 0.1) is 5.92 Å². The van der Waals surface area contributed by atoms with Gasteiger partial charge in [-0.25, -0.2) is 4.79 Å². The van der Waals surface area contributed by atoms with E-state index in [2.05, 4.69) is 5.32 Å². The minimum atomic E-state index is -1.36. The molecule has 0 unspecified atom stereocenters. The highest BCUT2D eigenvalue weighted by Gasteiger charge is 2.40. The Morgan fingerprint density at radius 3 is 2.50 bits per heavy atom. The maximum Gasteiger partial charge on any atom is 0.326 e. The summed E-state index contributed by atoms with van der Waals surface area (Å²) in [7, 11) is 0. The maximum absolute atomic E-state index is 11.4. The molecule has 0 radical (unpaired) electrons. The minimum Gasteiger partial charge on any atom is -0.296 e. The summed E-state index contributed by atoms with van der Waals surface area (Å²) in [5.41, 5.74) is 11.3. The smallest absolute Gasteiger partial charge is 0.296 e. The van der Waals surface area contributed by atoms with Crippen LogP contribution in [-0.2, 0) is 4.79 Å². The van der Waals surface area contributed by atoms with E-state index in [-0.39, 0.29) is 12.3 Å². The molecule has 14 heavy (non-hydrogen) atoms. The summed E-state index contributed by atoms with van der Waals surface area (Å²) in [6.07, 6.45) is -0.0640. The highest BCUT2D eigenvalue weighted by atomic mass is 16.2. The fourth-order valence-corrected chi connectivity index (χ4v) is 1.39. The summed E-state index contributed by atoms with van der Waals surface area (Å²) < 4.78 is 0. The van der Waals surface area contributed by atoms with E-state index in [9.17, 15) is 9.59 Å². The number of nitrogens with one attached hydrogen (secondary N) is 1. The zero-order valence-electron chi connectivity index (χ0n) is 8.41. The lowest BCUT2D eigenvalue weighted by atomic mass is 10.1. The van der Waals surface area contributed by atoms with Crippen molar-refractivity contribution in [3.8, 4) is 0 Å². The standard InChI is InChI=1S/C8H16N4O2/c1-5(2)4-12-7(14)11-6(13)3-8(12,9)10/h5H,3-4,9-10H2,1-2H3,(H,11,13,14). The second-order valence-corrected chi connectivity index (χ2v) is 4.03. The Labute approximate surface area is 82.6 Å². The molecule has 0 saturated carbocycles. The Kier molecular flexibility index (Phi) is 2.77. The van der Waals surface area contributed by atoms with Crippen molar-refractivity contribution >= 4 is 11.9 Å². The van der Waals surface area contributed by atoms with Crippen molar-refractivity contribution in [1.82, 2.24) is 10.2 Å². The summed E-state index contributed by atoms with van der Waals surface area (Å²) in [4.78, 5) is 23.7. The fraction of sp³-hybridized carbons (Fsp3) is 0.750. The molecular formula is C8H16N4O2. The monoisotopic (exact) mass is 200 g/mol. The number of rotatable bonds is 2. The predicted octanol–water partition coefficient (Wildman–Crippen LogP) is -0.844. The summed E-state index contributed by atoms with van der Waals surface area (Å²) in [6, 6.07) is -0.514. The van der Waals surface area contributed by atoms with Gasteiger partial charge in [0.25, 0.3) is 0 Å². The largest absolute Gasteiger partial charge is 0.326 e. The normalized spacial score (nSPS) is 21.4. The van der Waals surface area contributed by atoms with Gasteiger partial charge in [0.15, 0.2) is 5.79 Å². The molecule has 0 aromatic carbocycles. The highest BCUT2D eigenvalue weighted by Crippen LogP contribution is 2.14. The Balaban J connectivity index is 2.80. The summed E-state index contributed by atoms with van der Waals surface area (Å²) in [5, 5.41) is 2.18. The van der Waals surface area contributed by atoms with Crippen LogP contribution < -0.4 is 16.8 Å². The first-order chi connectivity index (χ1) is 6.33. The third kappa shape index (κ3) is 2.21. The molecule has 6 nitrogen and oxygen atoms in total. The molecule has 3 amide bonds. The van der Waals surface area contributed by atoms with Gasteiger partial charge in [0.05, 0.1) is 6.42 Å². The van der Waals surface area contributed by atoms with Gasteiger partial charge in [-0.05, 0) is 5.92 Å². The van der Waals surface area contributed by atoms with Gasteiger partial charge in [0.2, 0.25) is 5.91 Å². The molecule has 1 heterocycles. The van der Waals surface area contributed by atoms with Crippen LogP contribution in [0.5, 0.6) is 0 Å². The second kappa shape index (κ2) is 3.55. The highest BCUT2D eigenvalue weighted by molar-refractivity contribution is 5.97. The molecule has 1 rings (SSSR count). The Hall–Kier alpha value is -1.14. The van der Waals surface area contributed by atoms with E-state index < -0.39 is 17.7 Å². The lowest BCUT2D eigenvalue weighted by molar-refractivity contribution is -0.125. The third-order valence-corrected chi connectivity index (χ3v) is 1.99. The molecule has 0 aromatic heterocycles. The van der Waals surface area contributed by atoms with Crippen LogP contribution >= 0.6 is 0 Å². The first-order valence-electron chi connectivity index (χ1n) is 4.52. The molecule has 6 heteroatoms. The van der Waals surface area contributed by atoms with Gasteiger partial charge in [0.1, 0.15) is 0 Å². The average molecular weight is 200 g/mol. The molecular weight excluding hydrogens is 184 g/mol. The van der Waals surface area contributed by atoms with Crippen molar-refractivity contribution in [3.63, 3.8) is 0 Å². The molecule has 1 aliphatic rings. The average Bonchev–Trinajstić information content (AvgIpc) is 1.95. The molecule has 0 spiro atoms. The van der Waals surface area contributed by atoms with Crippen molar-refractivity contribution in [2.75, 3.05) is 6.54 Å². The molecule has 5 N–H and O–H groups in total. The van der Waals surface area contributed by atoms with Gasteiger partial charge in [-0.15, -0.1) is 0 Å². The molecule has 0 bridgehead atoms. The van der Waals surface area contributed by atoms with Gasteiger partial charge in [-0.1, -0.05) is 13.8 Å². The van der Waals surface area contributed by atoms with Crippen LogP contribution in [0.15, 0.2) is 0 Å². The van der Waals surface area contributed by atoms with Gasteiger partial charge in [0, 0.05) is 6.54 Å². The van der Waals surface area contributed by atoms with Crippen LogP contribution in [0.3, 0.4) is 0 Å². The fourth-order valence-electron chi connectivity index (χ4n) is 1.39. The lowest BCUT2D eigenvalue weighted by Crippen LogP contribution is -2.72. The number of urea groups is 1. The summed E-state index contributed by atoms with van der Waals surface area (Å²) in [5.74, 6) is -1.54. The van der Waals surface area contributed by atoms with E-state index in [4.69, 9.17) is 11.5 Å². The maximum atomic E-state index is 11.4. The van der Waals surface area contributed by atoms with E-state index in [1.807, 2.05) is 13.8 Å². The number of carbonyl (C=O) groups excluding carboxylic acids is 2. The molecule has 1 saturated heterocycles. The van der Waals surface area contributed by atoms with Crippen molar-refractivity contribution < 1.29 is 9.59 Å². The molecule has 1 aliphatic heterocycles. The van der Waals surface area contributed by atoms with Gasteiger partial charge in [-0.2, -0.15) is 0 Å². The summed E-state index contributed by atoms with van der Waals surface area (Å²) >= 11 is 0. The number of amides is 3. The van der Waals surface area contributed by atoms with Crippen LogP contribution in [0.1, 0.15) is 20.3 Å².